The zero-order valence-corrected chi connectivity index (χ0v) is 20.4. The van der Waals surface area contributed by atoms with Crippen molar-refractivity contribution in [2.45, 2.75) is 20.5 Å². The number of nitrogens with zero attached hydrogens (tertiary/aromatic N) is 3. The van der Waals surface area contributed by atoms with E-state index in [1.807, 2.05) is 38.1 Å². The van der Waals surface area contributed by atoms with Crippen LogP contribution in [0.15, 0.2) is 58.1 Å². The Morgan fingerprint density at radius 3 is 2.53 bits per heavy atom. The molecule has 2 heterocycles. The van der Waals surface area contributed by atoms with Crippen LogP contribution in [0.4, 0.5) is 0 Å². The molecule has 0 spiro atoms. The molecule has 0 radical (unpaired) electrons. The quantitative estimate of drug-likeness (QED) is 0.604. The van der Waals surface area contributed by atoms with Crippen LogP contribution in [-0.2, 0) is 21.2 Å². The average molecular weight is 499 g/mol. The number of benzene rings is 2. The molecule has 9 nitrogen and oxygen atoms in total. The van der Waals surface area contributed by atoms with Crippen LogP contribution in [0.1, 0.15) is 23.6 Å². The highest BCUT2D eigenvalue weighted by atomic mass is 32.3. The SMILES string of the molecule is CCOc1cc(/C=C2\C(=N)N3N=C(S(C)(=O)=O)SC3=NC2=O)ccc1OCc1ccc(C)cc1. The van der Waals surface area contributed by atoms with Gasteiger partial charge < -0.3 is 9.47 Å². The average Bonchev–Trinajstić information content (AvgIpc) is 3.22. The molecule has 1 amide bonds. The lowest BCUT2D eigenvalue weighted by Gasteiger charge is -2.20. The Balaban J connectivity index is 1.59. The van der Waals surface area contributed by atoms with Crippen molar-refractivity contribution in [2.75, 3.05) is 12.9 Å². The van der Waals surface area contributed by atoms with Crippen LogP contribution in [0.25, 0.3) is 6.08 Å². The molecule has 0 unspecified atom stereocenters. The third-order valence-electron chi connectivity index (χ3n) is 4.85. The number of nitrogens with one attached hydrogen (secondary N) is 1. The van der Waals surface area contributed by atoms with Crippen LogP contribution in [0.2, 0.25) is 0 Å². The lowest BCUT2D eigenvalue weighted by Crippen LogP contribution is -2.35. The molecule has 11 heteroatoms. The standard InChI is InChI=1S/C23H22N4O5S2/c1-4-31-19-12-16(9-10-18(19)32-13-15-7-5-14(2)6-8-15)11-17-20(24)27-22(25-21(17)28)33-23(26-27)34(3,29)30/h5-12,24H,4,13H2,1-3H3/b17-11+,24-20?. The molecule has 0 saturated carbocycles. The van der Waals surface area contributed by atoms with Gasteiger partial charge in [-0.3, -0.25) is 10.2 Å². The largest absolute Gasteiger partial charge is 0.490 e. The number of amides is 1. The maximum atomic E-state index is 12.6. The Labute approximate surface area is 201 Å². The summed E-state index contributed by atoms with van der Waals surface area (Å²) in [6.45, 7) is 4.66. The first kappa shape index (κ1) is 23.7. The number of rotatable bonds is 6. The maximum absolute atomic E-state index is 12.6. The number of thioether (sulfide) groups is 1. The highest BCUT2D eigenvalue weighted by Crippen LogP contribution is 2.33. The van der Waals surface area contributed by atoms with Crippen molar-refractivity contribution >= 4 is 49.0 Å². The van der Waals surface area contributed by atoms with Gasteiger partial charge in [-0.1, -0.05) is 35.9 Å². The van der Waals surface area contributed by atoms with Crippen molar-refractivity contribution < 1.29 is 22.7 Å². The van der Waals surface area contributed by atoms with E-state index >= 15 is 0 Å². The van der Waals surface area contributed by atoms with Gasteiger partial charge in [0.1, 0.15) is 6.61 Å². The number of sulfone groups is 1. The van der Waals surface area contributed by atoms with E-state index in [2.05, 4.69) is 10.1 Å². The summed E-state index contributed by atoms with van der Waals surface area (Å²) in [6.07, 6.45) is 2.51. The summed E-state index contributed by atoms with van der Waals surface area (Å²) < 4.78 is 35.1. The molecule has 176 valence electrons. The van der Waals surface area contributed by atoms with Gasteiger partial charge in [-0.05, 0) is 54.9 Å². The second kappa shape index (κ2) is 9.43. The molecule has 4 rings (SSSR count). The summed E-state index contributed by atoms with van der Waals surface area (Å²) in [4.78, 5) is 16.5. The number of carbonyl (C=O) groups excluding carboxylic acids is 1. The summed E-state index contributed by atoms with van der Waals surface area (Å²) >= 11 is 0.745. The molecule has 2 aromatic carbocycles. The van der Waals surface area contributed by atoms with Crippen molar-refractivity contribution in [3.63, 3.8) is 0 Å². The highest BCUT2D eigenvalue weighted by molar-refractivity contribution is 8.42. The van der Waals surface area contributed by atoms with E-state index < -0.39 is 15.7 Å². The molecule has 0 atom stereocenters. The molecule has 2 aliphatic heterocycles. The Hall–Kier alpha value is -3.44. The first-order chi connectivity index (χ1) is 16.2. The number of amidine groups is 2. The fourth-order valence-corrected chi connectivity index (χ4v) is 4.82. The number of carbonyl (C=O) groups is 1. The smallest absolute Gasteiger partial charge is 0.283 e. The summed E-state index contributed by atoms with van der Waals surface area (Å²) in [6, 6.07) is 13.2. The normalized spacial score (nSPS) is 16.9. The van der Waals surface area contributed by atoms with E-state index in [9.17, 15) is 13.2 Å². The van der Waals surface area contributed by atoms with Crippen LogP contribution in [0.3, 0.4) is 0 Å². The maximum Gasteiger partial charge on any atom is 0.283 e. The molecule has 0 aromatic heterocycles. The van der Waals surface area contributed by atoms with E-state index in [1.54, 1.807) is 18.2 Å². The second-order valence-electron chi connectivity index (χ2n) is 7.57. The van der Waals surface area contributed by atoms with E-state index in [1.165, 1.54) is 11.6 Å². The van der Waals surface area contributed by atoms with Gasteiger partial charge in [0.25, 0.3) is 5.91 Å². The van der Waals surface area contributed by atoms with Gasteiger partial charge in [-0.25, -0.2) is 8.42 Å². The number of hydrogen-bond donors (Lipinski definition) is 1. The molecule has 1 N–H and O–H groups in total. The Morgan fingerprint density at radius 1 is 1.12 bits per heavy atom. The summed E-state index contributed by atoms with van der Waals surface area (Å²) in [5.74, 6) is 0.149. The number of aryl methyl sites for hydroxylation is 1. The third-order valence-corrected chi connectivity index (χ3v) is 7.42. The van der Waals surface area contributed by atoms with Gasteiger partial charge in [0, 0.05) is 6.26 Å². The lowest BCUT2D eigenvalue weighted by atomic mass is 10.1. The van der Waals surface area contributed by atoms with Crippen LogP contribution < -0.4 is 9.47 Å². The predicted molar refractivity (Wildman–Crippen MR) is 133 cm³/mol. The number of hydrazone groups is 1. The second-order valence-corrected chi connectivity index (χ2v) is 10.7. The molecule has 0 fully saturated rings. The van der Waals surface area contributed by atoms with Gasteiger partial charge in [0.2, 0.25) is 19.4 Å². The molecule has 2 aliphatic rings. The van der Waals surface area contributed by atoms with E-state index in [0.717, 1.165) is 28.6 Å². The summed E-state index contributed by atoms with van der Waals surface area (Å²) in [5.41, 5.74) is 2.77. The van der Waals surface area contributed by atoms with Crippen molar-refractivity contribution in [2.24, 2.45) is 10.1 Å². The number of aliphatic imine (C=N–C) groups is 1. The van der Waals surface area contributed by atoms with Crippen LogP contribution >= 0.6 is 11.8 Å². The van der Waals surface area contributed by atoms with Crippen molar-refractivity contribution in [3.8, 4) is 11.5 Å². The fraction of sp³-hybridized carbons (Fsp3) is 0.217. The Morgan fingerprint density at radius 2 is 1.85 bits per heavy atom. The van der Waals surface area contributed by atoms with Gasteiger partial charge >= 0.3 is 0 Å². The van der Waals surface area contributed by atoms with Gasteiger partial charge in [-0.15, -0.1) is 5.10 Å². The molecule has 0 bridgehead atoms. The molecule has 34 heavy (non-hydrogen) atoms. The zero-order valence-electron chi connectivity index (χ0n) is 18.7. The lowest BCUT2D eigenvalue weighted by molar-refractivity contribution is -0.114. The summed E-state index contributed by atoms with van der Waals surface area (Å²) in [7, 11) is -3.59. The molecule has 0 aliphatic carbocycles. The predicted octanol–water partition coefficient (Wildman–Crippen LogP) is 3.59. The van der Waals surface area contributed by atoms with Gasteiger partial charge in [-0.2, -0.15) is 10.0 Å². The van der Waals surface area contributed by atoms with E-state index in [-0.39, 0.29) is 21.0 Å². The first-order valence-electron chi connectivity index (χ1n) is 10.3. The zero-order chi connectivity index (χ0) is 24.5. The monoisotopic (exact) mass is 498 g/mol. The minimum atomic E-state index is -3.59. The number of fused-ring (bicyclic) bond motifs is 1. The van der Waals surface area contributed by atoms with Crippen molar-refractivity contribution in [3.05, 3.63) is 64.7 Å². The Bertz CT molecular complexity index is 1360. The first-order valence-corrected chi connectivity index (χ1v) is 13.0. The minimum absolute atomic E-state index is 0.0152. The highest BCUT2D eigenvalue weighted by Gasteiger charge is 2.38. The van der Waals surface area contributed by atoms with Crippen LogP contribution in [-0.4, -0.2) is 47.6 Å². The molecule has 0 saturated heterocycles. The molecular formula is C23H22N4O5S2. The van der Waals surface area contributed by atoms with E-state index in [4.69, 9.17) is 14.9 Å². The Kier molecular flexibility index (Phi) is 6.58. The van der Waals surface area contributed by atoms with Gasteiger partial charge in [0.05, 0.1) is 12.2 Å². The third kappa shape index (κ3) is 5.05. The number of ether oxygens (including phenoxy) is 2. The van der Waals surface area contributed by atoms with Crippen LogP contribution in [0.5, 0.6) is 11.5 Å². The minimum Gasteiger partial charge on any atom is -0.490 e. The molecule has 2 aromatic rings. The topological polar surface area (TPSA) is 121 Å². The van der Waals surface area contributed by atoms with Crippen LogP contribution in [0, 0.1) is 12.3 Å². The van der Waals surface area contributed by atoms with Crippen molar-refractivity contribution in [1.29, 1.82) is 5.41 Å². The fourth-order valence-electron chi connectivity index (χ4n) is 3.14. The summed E-state index contributed by atoms with van der Waals surface area (Å²) in [5, 5.41) is 13.4. The molecular weight excluding hydrogens is 476 g/mol. The van der Waals surface area contributed by atoms with Crippen molar-refractivity contribution in [1.82, 2.24) is 5.01 Å². The van der Waals surface area contributed by atoms with E-state index in [0.29, 0.717) is 30.3 Å². The van der Waals surface area contributed by atoms with Gasteiger partial charge in [0.15, 0.2) is 17.3 Å². The number of hydrogen-bond acceptors (Lipinski definition) is 8.